The van der Waals surface area contributed by atoms with Crippen LogP contribution in [0.1, 0.15) is 12.0 Å². The Bertz CT molecular complexity index is 502. The summed E-state index contributed by atoms with van der Waals surface area (Å²) in [6, 6.07) is 3.02. The van der Waals surface area contributed by atoms with Gasteiger partial charge in [0, 0.05) is 18.3 Å². The highest BCUT2D eigenvalue weighted by Crippen LogP contribution is 2.37. The molecular weight excluding hydrogens is 293 g/mol. The van der Waals surface area contributed by atoms with Crippen LogP contribution in [-0.2, 0) is 6.18 Å². The lowest BCUT2D eigenvalue weighted by atomic mass is 10.1. The zero-order valence-corrected chi connectivity index (χ0v) is 11.3. The first kappa shape index (κ1) is 15.0. The van der Waals surface area contributed by atoms with Crippen molar-refractivity contribution >= 4 is 23.1 Å². The molecule has 0 radical (unpaired) electrons. The van der Waals surface area contributed by atoms with Crippen LogP contribution in [0.4, 0.5) is 24.5 Å². The lowest BCUT2D eigenvalue weighted by Crippen LogP contribution is -2.15. The maximum absolute atomic E-state index is 12.8. The molecule has 110 valence electrons. The molecule has 0 aliphatic carbocycles. The fourth-order valence-electron chi connectivity index (χ4n) is 2.04. The summed E-state index contributed by atoms with van der Waals surface area (Å²) in [5, 5.41) is 13.6. The van der Waals surface area contributed by atoms with Crippen LogP contribution in [0, 0.1) is 16.0 Å². The quantitative estimate of drug-likeness (QED) is 0.679. The average Bonchev–Trinajstić information content (AvgIpc) is 2.88. The van der Waals surface area contributed by atoms with E-state index in [2.05, 4.69) is 5.32 Å². The molecule has 1 aromatic carbocycles. The first-order valence-corrected chi connectivity index (χ1v) is 7.20. The number of hydrogen-bond acceptors (Lipinski definition) is 4. The molecule has 1 fully saturated rings. The summed E-state index contributed by atoms with van der Waals surface area (Å²) in [5.41, 5.74) is -1.87. The Labute approximate surface area is 117 Å². The van der Waals surface area contributed by atoms with E-state index in [9.17, 15) is 23.3 Å². The Kier molecular flexibility index (Phi) is 4.42. The van der Waals surface area contributed by atoms with Crippen LogP contribution in [0.25, 0.3) is 0 Å². The molecular formula is C12H13F3N2O2S. The van der Waals surface area contributed by atoms with Gasteiger partial charge in [-0.2, -0.15) is 24.9 Å². The standard InChI is InChI=1S/C12H13F3N2O2S/c13-12(14,15)10-5-9(1-2-11(10)17(18)19)16-6-8-3-4-20-7-8/h1-2,5,8,16H,3-4,6-7H2. The summed E-state index contributed by atoms with van der Waals surface area (Å²) in [7, 11) is 0. The summed E-state index contributed by atoms with van der Waals surface area (Å²) in [5.74, 6) is 2.50. The Morgan fingerprint density at radius 3 is 2.75 bits per heavy atom. The summed E-state index contributed by atoms with van der Waals surface area (Å²) < 4.78 is 38.4. The predicted molar refractivity (Wildman–Crippen MR) is 72.0 cm³/mol. The van der Waals surface area contributed by atoms with E-state index in [4.69, 9.17) is 0 Å². The molecule has 1 N–H and O–H groups in total. The van der Waals surface area contributed by atoms with Gasteiger partial charge in [0.2, 0.25) is 0 Å². The molecule has 2 rings (SSSR count). The van der Waals surface area contributed by atoms with Crippen LogP contribution in [-0.4, -0.2) is 23.0 Å². The monoisotopic (exact) mass is 306 g/mol. The molecule has 20 heavy (non-hydrogen) atoms. The first-order chi connectivity index (χ1) is 9.38. The number of nitro benzene ring substituents is 1. The van der Waals surface area contributed by atoms with E-state index < -0.39 is 22.4 Å². The molecule has 1 unspecified atom stereocenters. The third kappa shape index (κ3) is 3.56. The van der Waals surface area contributed by atoms with Gasteiger partial charge >= 0.3 is 6.18 Å². The molecule has 1 aliphatic rings. The van der Waals surface area contributed by atoms with Crippen molar-refractivity contribution in [2.45, 2.75) is 12.6 Å². The van der Waals surface area contributed by atoms with E-state index in [1.165, 1.54) is 6.07 Å². The van der Waals surface area contributed by atoms with E-state index in [0.29, 0.717) is 12.5 Å². The molecule has 8 heteroatoms. The van der Waals surface area contributed by atoms with Crippen LogP contribution in [0.3, 0.4) is 0 Å². The second-order valence-electron chi connectivity index (χ2n) is 4.60. The average molecular weight is 306 g/mol. The highest BCUT2D eigenvalue weighted by atomic mass is 32.2. The molecule has 1 heterocycles. The molecule has 1 saturated heterocycles. The van der Waals surface area contributed by atoms with Crippen molar-refractivity contribution in [3.63, 3.8) is 0 Å². The summed E-state index contributed by atoms with van der Waals surface area (Å²) >= 11 is 1.82. The summed E-state index contributed by atoms with van der Waals surface area (Å²) in [6.45, 7) is 0.585. The number of halogens is 3. The van der Waals surface area contributed by atoms with E-state index in [1.54, 1.807) is 0 Å². The van der Waals surface area contributed by atoms with Crippen LogP contribution in [0.15, 0.2) is 18.2 Å². The number of nitro groups is 1. The molecule has 0 spiro atoms. The van der Waals surface area contributed by atoms with Gasteiger partial charge in [-0.15, -0.1) is 0 Å². The Hall–Kier alpha value is -1.44. The number of anilines is 1. The second-order valence-corrected chi connectivity index (χ2v) is 5.75. The minimum absolute atomic E-state index is 0.264. The molecule has 0 aromatic heterocycles. The number of rotatable bonds is 4. The van der Waals surface area contributed by atoms with Crippen molar-refractivity contribution in [1.82, 2.24) is 0 Å². The highest BCUT2D eigenvalue weighted by Gasteiger charge is 2.38. The SMILES string of the molecule is O=[N+]([O-])c1ccc(NCC2CCSC2)cc1C(F)(F)F. The lowest BCUT2D eigenvalue weighted by molar-refractivity contribution is -0.388. The fraction of sp³-hybridized carbons (Fsp3) is 0.500. The second kappa shape index (κ2) is 5.90. The van der Waals surface area contributed by atoms with Crippen LogP contribution in [0.5, 0.6) is 0 Å². The van der Waals surface area contributed by atoms with Crippen molar-refractivity contribution in [1.29, 1.82) is 0 Å². The van der Waals surface area contributed by atoms with Crippen LogP contribution in [0.2, 0.25) is 0 Å². The van der Waals surface area contributed by atoms with Crippen molar-refractivity contribution in [3.05, 3.63) is 33.9 Å². The van der Waals surface area contributed by atoms with E-state index in [1.807, 2.05) is 11.8 Å². The number of nitrogens with zero attached hydrogens (tertiary/aromatic N) is 1. The number of hydrogen-bond donors (Lipinski definition) is 1. The Morgan fingerprint density at radius 2 is 2.20 bits per heavy atom. The predicted octanol–water partition coefficient (Wildman–Crippen LogP) is 3.78. The zero-order valence-electron chi connectivity index (χ0n) is 10.4. The molecule has 0 amide bonds. The van der Waals surface area contributed by atoms with E-state index in [-0.39, 0.29) is 5.69 Å². The van der Waals surface area contributed by atoms with Gasteiger partial charge in [-0.05, 0) is 36.0 Å². The molecule has 0 saturated carbocycles. The minimum Gasteiger partial charge on any atom is -0.385 e. The number of thioether (sulfide) groups is 1. The molecule has 1 aromatic rings. The van der Waals surface area contributed by atoms with Crippen molar-refractivity contribution < 1.29 is 18.1 Å². The van der Waals surface area contributed by atoms with E-state index in [0.717, 1.165) is 30.1 Å². The topological polar surface area (TPSA) is 55.2 Å². The van der Waals surface area contributed by atoms with Gasteiger partial charge in [0.15, 0.2) is 0 Å². The van der Waals surface area contributed by atoms with Crippen molar-refractivity contribution in [2.75, 3.05) is 23.4 Å². The van der Waals surface area contributed by atoms with Gasteiger partial charge in [-0.1, -0.05) is 0 Å². The van der Waals surface area contributed by atoms with Gasteiger partial charge in [-0.25, -0.2) is 0 Å². The van der Waals surface area contributed by atoms with Crippen molar-refractivity contribution in [2.24, 2.45) is 5.92 Å². The zero-order chi connectivity index (χ0) is 14.8. The third-order valence-electron chi connectivity index (χ3n) is 3.12. The minimum atomic E-state index is -4.73. The fourth-order valence-corrected chi connectivity index (χ4v) is 3.32. The maximum atomic E-state index is 12.8. The lowest BCUT2D eigenvalue weighted by Gasteiger charge is -2.13. The Morgan fingerprint density at radius 1 is 1.45 bits per heavy atom. The molecule has 4 nitrogen and oxygen atoms in total. The first-order valence-electron chi connectivity index (χ1n) is 6.05. The van der Waals surface area contributed by atoms with Gasteiger partial charge in [0.25, 0.3) is 5.69 Å². The molecule has 1 atom stereocenters. The molecule has 1 aliphatic heterocycles. The van der Waals surface area contributed by atoms with Gasteiger partial charge < -0.3 is 5.32 Å². The van der Waals surface area contributed by atoms with Crippen LogP contribution >= 0.6 is 11.8 Å². The number of benzene rings is 1. The molecule has 0 bridgehead atoms. The van der Waals surface area contributed by atoms with Gasteiger partial charge in [0.05, 0.1) is 4.92 Å². The normalized spacial score (nSPS) is 19.1. The Balaban J connectivity index is 2.16. The third-order valence-corrected chi connectivity index (χ3v) is 4.35. The highest BCUT2D eigenvalue weighted by molar-refractivity contribution is 7.99. The smallest absolute Gasteiger partial charge is 0.385 e. The van der Waals surface area contributed by atoms with Gasteiger partial charge in [-0.3, -0.25) is 10.1 Å². The maximum Gasteiger partial charge on any atom is 0.423 e. The number of nitrogens with one attached hydrogen (secondary N) is 1. The van der Waals surface area contributed by atoms with Crippen LogP contribution < -0.4 is 5.32 Å². The summed E-state index contributed by atoms with van der Waals surface area (Å²) in [6.07, 6.45) is -3.69. The van der Waals surface area contributed by atoms with E-state index >= 15 is 0 Å². The number of alkyl halides is 3. The van der Waals surface area contributed by atoms with Crippen molar-refractivity contribution in [3.8, 4) is 0 Å². The van der Waals surface area contributed by atoms with Gasteiger partial charge in [0.1, 0.15) is 5.56 Å². The largest absolute Gasteiger partial charge is 0.423 e. The summed E-state index contributed by atoms with van der Waals surface area (Å²) in [4.78, 5) is 9.62.